The predicted molar refractivity (Wildman–Crippen MR) is 64.6 cm³/mol. The molecule has 0 spiro atoms. The molecule has 0 amide bonds. The Hall–Kier alpha value is -1.20. The zero-order valence-electron chi connectivity index (χ0n) is 9.14. The Morgan fingerprint density at radius 2 is 2.12 bits per heavy atom. The number of nitrogens with zero attached hydrogens (tertiary/aromatic N) is 1. The predicted octanol–water partition coefficient (Wildman–Crippen LogP) is 2.96. The van der Waals surface area contributed by atoms with Crippen LogP contribution in [0, 0.1) is 21.8 Å². The highest BCUT2D eigenvalue weighted by molar-refractivity contribution is 5.85. The van der Waals surface area contributed by atoms with Crippen LogP contribution in [0.1, 0.15) is 30.9 Å². The third kappa shape index (κ3) is 2.73. The molecule has 1 aliphatic carbocycles. The van der Waals surface area contributed by atoms with Crippen LogP contribution >= 0.6 is 12.4 Å². The molecule has 17 heavy (non-hydrogen) atoms. The summed E-state index contributed by atoms with van der Waals surface area (Å²) in [7, 11) is 0. The minimum Gasteiger partial charge on any atom is -0.324 e. The minimum atomic E-state index is -0.811. The maximum Gasteiger partial charge on any atom is 0.305 e. The van der Waals surface area contributed by atoms with Gasteiger partial charge in [0, 0.05) is 12.1 Å². The van der Waals surface area contributed by atoms with E-state index >= 15 is 0 Å². The molecule has 4 nitrogen and oxygen atoms in total. The number of nitro groups is 1. The van der Waals surface area contributed by atoms with E-state index in [-0.39, 0.29) is 18.4 Å². The Labute approximate surface area is 105 Å². The smallest absolute Gasteiger partial charge is 0.305 e. The van der Waals surface area contributed by atoms with E-state index in [2.05, 4.69) is 0 Å². The van der Waals surface area contributed by atoms with Gasteiger partial charge in [-0.25, -0.2) is 0 Å². The lowest BCUT2D eigenvalue weighted by atomic mass is 9.77. The Bertz CT molecular complexity index is 424. The second-order valence-electron chi connectivity index (χ2n) is 4.18. The van der Waals surface area contributed by atoms with E-state index in [1.165, 1.54) is 12.1 Å². The van der Waals surface area contributed by atoms with E-state index in [1.807, 2.05) is 0 Å². The molecule has 1 aromatic carbocycles. The summed E-state index contributed by atoms with van der Waals surface area (Å²) >= 11 is 0. The van der Waals surface area contributed by atoms with Crippen LogP contribution in [0.3, 0.4) is 0 Å². The number of benzene rings is 1. The SMILES string of the molecule is Cl.N[C@@H](c1ccc(F)c([N+](=O)[O-])c1)C1CCC1. The van der Waals surface area contributed by atoms with Crippen LogP contribution in [0.2, 0.25) is 0 Å². The Kier molecular flexibility index (Phi) is 4.42. The fraction of sp³-hybridized carbons (Fsp3) is 0.455. The first kappa shape index (κ1) is 13.9. The highest BCUT2D eigenvalue weighted by atomic mass is 35.5. The fourth-order valence-corrected chi connectivity index (χ4v) is 1.95. The maximum atomic E-state index is 13.1. The van der Waals surface area contributed by atoms with Crippen molar-refractivity contribution in [1.82, 2.24) is 0 Å². The highest BCUT2D eigenvalue weighted by Crippen LogP contribution is 2.37. The summed E-state index contributed by atoms with van der Waals surface area (Å²) in [6.45, 7) is 0. The van der Waals surface area contributed by atoms with Gasteiger partial charge in [-0.1, -0.05) is 12.5 Å². The molecule has 1 saturated carbocycles. The van der Waals surface area contributed by atoms with Crippen molar-refractivity contribution in [2.24, 2.45) is 11.7 Å². The largest absolute Gasteiger partial charge is 0.324 e. The number of hydrogen-bond donors (Lipinski definition) is 1. The number of nitrogens with two attached hydrogens (primary N) is 1. The first-order valence-corrected chi connectivity index (χ1v) is 5.29. The van der Waals surface area contributed by atoms with Gasteiger partial charge < -0.3 is 5.73 Å². The molecular weight excluding hydrogens is 247 g/mol. The van der Waals surface area contributed by atoms with Gasteiger partial charge in [0.25, 0.3) is 0 Å². The molecule has 1 aromatic rings. The van der Waals surface area contributed by atoms with Crippen molar-refractivity contribution in [3.8, 4) is 0 Å². The van der Waals surface area contributed by atoms with Crippen LogP contribution in [0.4, 0.5) is 10.1 Å². The van der Waals surface area contributed by atoms with Gasteiger partial charge in [-0.05, 0) is 30.4 Å². The molecule has 2 rings (SSSR count). The summed E-state index contributed by atoms with van der Waals surface area (Å²) < 4.78 is 13.1. The molecule has 6 heteroatoms. The van der Waals surface area contributed by atoms with Gasteiger partial charge in [-0.3, -0.25) is 10.1 Å². The second kappa shape index (κ2) is 5.42. The summed E-state index contributed by atoms with van der Waals surface area (Å²) in [5.41, 5.74) is 6.13. The molecular formula is C11H14ClFN2O2. The van der Waals surface area contributed by atoms with Gasteiger partial charge >= 0.3 is 5.69 Å². The number of rotatable bonds is 3. The monoisotopic (exact) mass is 260 g/mol. The van der Waals surface area contributed by atoms with E-state index in [1.54, 1.807) is 0 Å². The van der Waals surface area contributed by atoms with Crippen LogP contribution < -0.4 is 5.73 Å². The third-order valence-electron chi connectivity index (χ3n) is 3.21. The van der Waals surface area contributed by atoms with E-state index in [9.17, 15) is 14.5 Å². The van der Waals surface area contributed by atoms with Gasteiger partial charge in [-0.2, -0.15) is 4.39 Å². The van der Waals surface area contributed by atoms with Crippen LogP contribution in [0.25, 0.3) is 0 Å². The van der Waals surface area contributed by atoms with Crippen molar-refractivity contribution in [2.45, 2.75) is 25.3 Å². The molecule has 1 fully saturated rings. The zero-order chi connectivity index (χ0) is 11.7. The van der Waals surface area contributed by atoms with E-state index in [0.717, 1.165) is 25.3 Å². The topological polar surface area (TPSA) is 69.2 Å². The molecule has 0 radical (unpaired) electrons. The first-order valence-electron chi connectivity index (χ1n) is 5.29. The quantitative estimate of drug-likeness (QED) is 0.671. The van der Waals surface area contributed by atoms with Crippen LogP contribution in [-0.4, -0.2) is 4.92 Å². The minimum absolute atomic E-state index is 0. The molecule has 0 unspecified atom stereocenters. The maximum absolute atomic E-state index is 13.1. The Morgan fingerprint density at radius 1 is 1.47 bits per heavy atom. The molecule has 94 valence electrons. The van der Waals surface area contributed by atoms with Crippen LogP contribution in [0.5, 0.6) is 0 Å². The Balaban J connectivity index is 0.00000144. The molecule has 0 heterocycles. The van der Waals surface area contributed by atoms with E-state index in [0.29, 0.717) is 11.5 Å². The average Bonchev–Trinajstić information content (AvgIpc) is 2.15. The molecule has 0 aliphatic heterocycles. The molecule has 0 aromatic heterocycles. The normalized spacial score (nSPS) is 16.8. The van der Waals surface area contributed by atoms with Crippen molar-refractivity contribution in [1.29, 1.82) is 0 Å². The van der Waals surface area contributed by atoms with Gasteiger partial charge in [0.2, 0.25) is 5.82 Å². The van der Waals surface area contributed by atoms with Crippen molar-refractivity contribution in [3.63, 3.8) is 0 Å². The second-order valence-corrected chi connectivity index (χ2v) is 4.18. The van der Waals surface area contributed by atoms with Crippen LogP contribution in [0.15, 0.2) is 18.2 Å². The number of nitro benzene ring substituents is 1. The van der Waals surface area contributed by atoms with Gasteiger partial charge in [-0.15, -0.1) is 12.4 Å². The fourth-order valence-electron chi connectivity index (χ4n) is 1.95. The molecule has 0 saturated heterocycles. The van der Waals surface area contributed by atoms with Crippen LogP contribution in [-0.2, 0) is 0 Å². The summed E-state index contributed by atoms with van der Waals surface area (Å²) in [6, 6.07) is 3.68. The average molecular weight is 261 g/mol. The lowest BCUT2D eigenvalue weighted by Gasteiger charge is -2.31. The van der Waals surface area contributed by atoms with Gasteiger partial charge in [0.05, 0.1) is 4.92 Å². The molecule has 2 N–H and O–H groups in total. The summed E-state index contributed by atoms with van der Waals surface area (Å²) in [6.07, 6.45) is 3.25. The van der Waals surface area contributed by atoms with Crippen molar-refractivity contribution >= 4 is 18.1 Å². The standard InChI is InChI=1S/C11H13FN2O2.ClH/c12-9-5-4-8(6-10(9)14(15)16)11(13)7-2-1-3-7;/h4-7,11H,1-3,13H2;1H/t11-;/m1./s1. The number of hydrogen-bond acceptors (Lipinski definition) is 3. The Morgan fingerprint density at radius 3 is 2.59 bits per heavy atom. The highest BCUT2D eigenvalue weighted by Gasteiger charge is 2.27. The molecule has 1 atom stereocenters. The summed E-state index contributed by atoms with van der Waals surface area (Å²) in [4.78, 5) is 9.86. The molecule has 0 bridgehead atoms. The van der Waals surface area contributed by atoms with Crippen molar-refractivity contribution in [2.75, 3.05) is 0 Å². The van der Waals surface area contributed by atoms with Crippen molar-refractivity contribution in [3.05, 3.63) is 39.7 Å². The summed E-state index contributed by atoms with van der Waals surface area (Å²) in [5, 5.41) is 10.6. The first-order chi connectivity index (χ1) is 7.59. The molecule has 1 aliphatic rings. The third-order valence-corrected chi connectivity index (χ3v) is 3.21. The zero-order valence-corrected chi connectivity index (χ0v) is 9.95. The van der Waals surface area contributed by atoms with E-state index in [4.69, 9.17) is 5.73 Å². The lowest BCUT2D eigenvalue weighted by Crippen LogP contribution is -2.26. The van der Waals surface area contributed by atoms with E-state index < -0.39 is 16.4 Å². The van der Waals surface area contributed by atoms with Gasteiger partial charge in [0.1, 0.15) is 0 Å². The number of halogens is 2. The lowest BCUT2D eigenvalue weighted by molar-refractivity contribution is -0.387. The summed E-state index contributed by atoms with van der Waals surface area (Å²) in [5.74, 6) is -0.431. The van der Waals surface area contributed by atoms with Gasteiger partial charge in [0.15, 0.2) is 0 Å². The van der Waals surface area contributed by atoms with Crippen molar-refractivity contribution < 1.29 is 9.31 Å².